The first kappa shape index (κ1) is 23.8. The Morgan fingerprint density at radius 3 is 2.56 bits per heavy atom. The number of nitrogens with one attached hydrogen (secondary N) is 1. The van der Waals surface area contributed by atoms with E-state index in [-0.39, 0.29) is 30.1 Å². The molecule has 32 heavy (non-hydrogen) atoms. The normalized spacial score (nSPS) is 15.4. The van der Waals surface area contributed by atoms with E-state index >= 15 is 0 Å². The maximum atomic E-state index is 12.9. The molecule has 8 heteroatoms. The lowest BCUT2D eigenvalue weighted by Crippen LogP contribution is -2.43. The molecule has 0 radical (unpaired) electrons. The molecular weight excluding hydrogens is 406 g/mol. The fourth-order valence-corrected chi connectivity index (χ4v) is 4.54. The second kappa shape index (κ2) is 10.1. The van der Waals surface area contributed by atoms with Crippen LogP contribution in [0.2, 0.25) is 0 Å². The summed E-state index contributed by atoms with van der Waals surface area (Å²) in [6.07, 6.45) is 7.69. The smallest absolute Gasteiger partial charge is 0.263 e. The summed E-state index contributed by atoms with van der Waals surface area (Å²) < 4.78 is 3.16. The van der Waals surface area contributed by atoms with Gasteiger partial charge in [-0.25, -0.2) is 0 Å². The van der Waals surface area contributed by atoms with Crippen LogP contribution in [0.5, 0.6) is 0 Å². The Balaban J connectivity index is 1.66. The SMILES string of the molecule is Cc1nn(C)c(C)c1C[C@@H](C)NC(=O)c1cccn(CC(=O)N(C)C2CCCCC2)c1=O. The summed E-state index contributed by atoms with van der Waals surface area (Å²) in [5.74, 6) is -0.531. The van der Waals surface area contributed by atoms with E-state index in [2.05, 4.69) is 10.4 Å². The summed E-state index contributed by atoms with van der Waals surface area (Å²) in [7, 11) is 3.71. The largest absolute Gasteiger partial charge is 0.349 e. The predicted octanol–water partition coefficient (Wildman–Crippen LogP) is 2.35. The summed E-state index contributed by atoms with van der Waals surface area (Å²) >= 11 is 0. The molecule has 1 saturated carbocycles. The molecule has 2 aromatic rings. The van der Waals surface area contributed by atoms with Gasteiger partial charge in [0, 0.05) is 38.1 Å². The van der Waals surface area contributed by atoms with Crippen LogP contribution in [0.1, 0.15) is 66.3 Å². The molecule has 0 bridgehead atoms. The number of hydrogen-bond acceptors (Lipinski definition) is 4. The predicted molar refractivity (Wildman–Crippen MR) is 124 cm³/mol. The number of rotatable bonds is 7. The molecule has 1 fully saturated rings. The minimum atomic E-state index is -0.448. The van der Waals surface area contributed by atoms with Gasteiger partial charge in [0.2, 0.25) is 5.91 Å². The first-order valence-electron chi connectivity index (χ1n) is 11.4. The highest BCUT2D eigenvalue weighted by Crippen LogP contribution is 2.21. The Hall–Kier alpha value is -2.90. The highest BCUT2D eigenvalue weighted by atomic mass is 16.2. The molecule has 3 rings (SSSR count). The van der Waals surface area contributed by atoms with Gasteiger partial charge in [0.05, 0.1) is 5.69 Å². The van der Waals surface area contributed by atoms with Crippen molar-refractivity contribution < 1.29 is 9.59 Å². The van der Waals surface area contributed by atoms with Gasteiger partial charge in [0.15, 0.2) is 0 Å². The van der Waals surface area contributed by atoms with Crippen LogP contribution in [-0.2, 0) is 24.8 Å². The highest BCUT2D eigenvalue weighted by Gasteiger charge is 2.23. The molecule has 0 unspecified atom stereocenters. The molecule has 2 heterocycles. The van der Waals surface area contributed by atoms with Crippen molar-refractivity contribution >= 4 is 11.8 Å². The number of nitrogens with zero attached hydrogens (tertiary/aromatic N) is 4. The van der Waals surface area contributed by atoms with Crippen molar-refractivity contribution in [2.24, 2.45) is 7.05 Å². The number of carbonyl (C=O) groups excluding carboxylic acids is 2. The fourth-order valence-electron chi connectivity index (χ4n) is 4.54. The third kappa shape index (κ3) is 5.29. The number of likely N-dealkylation sites (N-methyl/N-ethyl adjacent to an activating group) is 1. The summed E-state index contributed by atoms with van der Waals surface area (Å²) in [5, 5.41) is 7.34. The molecule has 1 atom stereocenters. The van der Waals surface area contributed by atoms with Gasteiger partial charge >= 0.3 is 0 Å². The van der Waals surface area contributed by atoms with Crippen molar-refractivity contribution in [2.75, 3.05) is 7.05 Å². The van der Waals surface area contributed by atoms with Crippen LogP contribution < -0.4 is 10.9 Å². The van der Waals surface area contributed by atoms with Crippen LogP contribution in [-0.4, -0.2) is 50.2 Å². The maximum absolute atomic E-state index is 12.9. The van der Waals surface area contributed by atoms with Crippen molar-refractivity contribution in [3.63, 3.8) is 0 Å². The highest BCUT2D eigenvalue weighted by molar-refractivity contribution is 5.94. The Morgan fingerprint density at radius 1 is 1.25 bits per heavy atom. The summed E-state index contributed by atoms with van der Waals surface area (Å²) in [5.41, 5.74) is 2.70. The van der Waals surface area contributed by atoms with E-state index in [0.717, 1.165) is 42.6 Å². The Kier molecular flexibility index (Phi) is 7.53. The average molecular weight is 442 g/mol. The lowest BCUT2D eigenvalue weighted by atomic mass is 9.94. The van der Waals surface area contributed by atoms with Gasteiger partial charge < -0.3 is 14.8 Å². The number of amides is 2. The van der Waals surface area contributed by atoms with E-state index in [1.165, 1.54) is 17.1 Å². The average Bonchev–Trinajstić information content (AvgIpc) is 3.01. The van der Waals surface area contributed by atoms with E-state index in [1.54, 1.807) is 17.2 Å². The zero-order valence-electron chi connectivity index (χ0n) is 19.9. The molecule has 0 saturated heterocycles. The van der Waals surface area contributed by atoms with Crippen molar-refractivity contribution in [2.45, 2.75) is 77.9 Å². The molecular formula is C24H35N5O3. The lowest BCUT2D eigenvalue weighted by Gasteiger charge is -2.31. The first-order chi connectivity index (χ1) is 15.2. The van der Waals surface area contributed by atoms with Gasteiger partial charge in [-0.15, -0.1) is 0 Å². The first-order valence-corrected chi connectivity index (χ1v) is 11.4. The molecule has 2 amide bonds. The Bertz CT molecular complexity index is 1030. The number of carbonyl (C=O) groups is 2. The second-order valence-corrected chi connectivity index (χ2v) is 9.00. The van der Waals surface area contributed by atoms with Gasteiger partial charge in [0.25, 0.3) is 11.5 Å². The Labute approximate surface area is 189 Å². The van der Waals surface area contributed by atoms with E-state index in [1.807, 2.05) is 39.5 Å². The lowest BCUT2D eigenvalue weighted by molar-refractivity contribution is -0.133. The van der Waals surface area contributed by atoms with Crippen LogP contribution in [0.25, 0.3) is 0 Å². The van der Waals surface area contributed by atoms with Crippen LogP contribution in [0.15, 0.2) is 23.1 Å². The number of pyridine rings is 1. The second-order valence-electron chi connectivity index (χ2n) is 9.00. The van der Waals surface area contributed by atoms with Crippen molar-refractivity contribution in [3.8, 4) is 0 Å². The zero-order chi connectivity index (χ0) is 23.4. The molecule has 0 spiro atoms. The van der Waals surface area contributed by atoms with E-state index in [0.29, 0.717) is 6.42 Å². The molecule has 1 aliphatic carbocycles. The molecule has 1 aliphatic rings. The van der Waals surface area contributed by atoms with Gasteiger partial charge in [-0.05, 0) is 57.7 Å². The minimum absolute atomic E-state index is 0.0482. The summed E-state index contributed by atoms with van der Waals surface area (Å²) in [4.78, 5) is 40.2. The van der Waals surface area contributed by atoms with Gasteiger partial charge in [0.1, 0.15) is 12.1 Å². The minimum Gasteiger partial charge on any atom is -0.349 e. The molecule has 174 valence electrons. The third-order valence-corrected chi connectivity index (χ3v) is 6.63. The fraction of sp³-hybridized carbons (Fsp3) is 0.583. The number of aromatic nitrogens is 3. The monoisotopic (exact) mass is 441 g/mol. The van der Waals surface area contributed by atoms with Crippen molar-refractivity contribution in [1.82, 2.24) is 24.6 Å². The van der Waals surface area contributed by atoms with Crippen molar-refractivity contribution in [1.29, 1.82) is 0 Å². The van der Waals surface area contributed by atoms with E-state index in [9.17, 15) is 14.4 Å². The van der Waals surface area contributed by atoms with Gasteiger partial charge in [-0.2, -0.15) is 5.10 Å². The van der Waals surface area contributed by atoms with Crippen LogP contribution in [0.4, 0.5) is 0 Å². The van der Waals surface area contributed by atoms with E-state index < -0.39 is 11.5 Å². The third-order valence-electron chi connectivity index (χ3n) is 6.63. The molecule has 0 aromatic carbocycles. The van der Waals surface area contributed by atoms with Crippen molar-refractivity contribution in [3.05, 3.63) is 51.2 Å². The molecule has 1 N–H and O–H groups in total. The summed E-state index contributed by atoms with van der Waals surface area (Å²) in [6.45, 7) is 5.81. The quantitative estimate of drug-likeness (QED) is 0.714. The van der Waals surface area contributed by atoms with Gasteiger partial charge in [-0.3, -0.25) is 19.1 Å². The van der Waals surface area contributed by atoms with Crippen LogP contribution >= 0.6 is 0 Å². The topological polar surface area (TPSA) is 89.2 Å². The van der Waals surface area contributed by atoms with Gasteiger partial charge in [-0.1, -0.05) is 19.3 Å². The standard InChI is InChI=1S/C24H35N5O3/c1-16(14-21-17(2)26-28(5)18(21)3)25-23(31)20-12-9-13-29(24(20)32)15-22(30)27(4)19-10-7-6-8-11-19/h9,12-13,16,19H,6-8,10-11,14-15H2,1-5H3,(H,25,31)/t16-/m1/s1. The zero-order valence-corrected chi connectivity index (χ0v) is 19.9. The maximum Gasteiger partial charge on any atom is 0.263 e. The van der Waals surface area contributed by atoms with Crippen LogP contribution in [0, 0.1) is 13.8 Å². The van der Waals surface area contributed by atoms with Crippen LogP contribution in [0.3, 0.4) is 0 Å². The summed E-state index contributed by atoms with van der Waals surface area (Å²) in [6, 6.07) is 3.22. The molecule has 0 aliphatic heterocycles. The molecule has 2 aromatic heterocycles. The number of aryl methyl sites for hydroxylation is 2. The number of hydrogen-bond donors (Lipinski definition) is 1. The van der Waals surface area contributed by atoms with E-state index in [4.69, 9.17) is 0 Å². The Morgan fingerprint density at radius 2 is 1.94 bits per heavy atom. The molecule has 8 nitrogen and oxygen atoms in total.